The lowest BCUT2D eigenvalue weighted by molar-refractivity contribution is 0.401. The minimum Gasteiger partial charge on any atom is -0.496 e. The first kappa shape index (κ1) is 16.7. The van der Waals surface area contributed by atoms with Gasteiger partial charge in [-0.25, -0.2) is 9.50 Å². The Morgan fingerprint density at radius 2 is 2.24 bits per heavy atom. The van der Waals surface area contributed by atoms with Crippen LogP contribution in [0, 0.1) is 18.3 Å². The van der Waals surface area contributed by atoms with Crippen LogP contribution < -0.4 is 15.6 Å². The highest BCUT2D eigenvalue weighted by atomic mass is 16.5. The number of nitrogens with one attached hydrogen (secondary N) is 2. The van der Waals surface area contributed by atoms with Gasteiger partial charge in [-0.05, 0) is 19.9 Å². The average Bonchev–Trinajstić information content (AvgIpc) is 3.03. The second-order valence-corrected chi connectivity index (χ2v) is 5.89. The lowest BCUT2D eigenvalue weighted by Gasteiger charge is -2.18. The number of hydrogen-bond donors (Lipinski definition) is 2. The average molecular weight is 337 g/mol. The molecule has 7 heteroatoms. The van der Waals surface area contributed by atoms with E-state index < -0.39 is 0 Å². The van der Waals surface area contributed by atoms with Crippen molar-refractivity contribution < 1.29 is 4.74 Å². The summed E-state index contributed by atoms with van der Waals surface area (Å²) in [5.74, 6) is 0.812. The van der Waals surface area contributed by atoms with E-state index in [2.05, 4.69) is 21.5 Å². The lowest BCUT2D eigenvalue weighted by atomic mass is 10.0. The van der Waals surface area contributed by atoms with Gasteiger partial charge in [0.25, 0.3) is 5.56 Å². The number of aryl methyl sites for hydroxylation is 1. The minimum atomic E-state index is -0.246. The summed E-state index contributed by atoms with van der Waals surface area (Å²) < 4.78 is 6.68. The molecular formula is C18H19N5O2. The summed E-state index contributed by atoms with van der Waals surface area (Å²) in [6, 6.07) is 9.51. The largest absolute Gasteiger partial charge is 0.496 e. The van der Waals surface area contributed by atoms with E-state index in [-0.39, 0.29) is 11.6 Å². The van der Waals surface area contributed by atoms with Gasteiger partial charge in [0.1, 0.15) is 17.4 Å². The Morgan fingerprint density at radius 1 is 1.44 bits per heavy atom. The molecule has 0 amide bonds. The van der Waals surface area contributed by atoms with Gasteiger partial charge in [0, 0.05) is 30.4 Å². The number of rotatable bonds is 5. The van der Waals surface area contributed by atoms with Gasteiger partial charge in [-0.1, -0.05) is 17.7 Å². The maximum Gasteiger partial charge on any atom is 0.272 e. The van der Waals surface area contributed by atoms with Gasteiger partial charge >= 0.3 is 0 Å². The van der Waals surface area contributed by atoms with Gasteiger partial charge in [0.2, 0.25) is 0 Å². The van der Waals surface area contributed by atoms with E-state index >= 15 is 0 Å². The second kappa shape index (κ2) is 6.79. The number of aromatic nitrogens is 3. The number of aromatic amines is 1. The third-order valence-electron chi connectivity index (χ3n) is 4.11. The predicted molar refractivity (Wildman–Crippen MR) is 93.5 cm³/mol. The van der Waals surface area contributed by atoms with E-state index in [1.165, 1.54) is 16.8 Å². The molecule has 0 radical (unpaired) electrons. The molecule has 0 saturated heterocycles. The van der Waals surface area contributed by atoms with Gasteiger partial charge in [-0.15, -0.1) is 0 Å². The molecule has 1 aromatic carbocycles. The number of H-pyrrole nitrogens is 1. The van der Waals surface area contributed by atoms with Crippen molar-refractivity contribution in [1.29, 1.82) is 5.26 Å². The fraction of sp³-hybridized carbons (Fsp3) is 0.278. The van der Waals surface area contributed by atoms with Crippen molar-refractivity contribution in [3.8, 4) is 11.8 Å². The smallest absolute Gasteiger partial charge is 0.272 e. The van der Waals surface area contributed by atoms with E-state index in [0.29, 0.717) is 23.4 Å². The fourth-order valence-electron chi connectivity index (χ4n) is 2.76. The van der Waals surface area contributed by atoms with Crippen LogP contribution in [0.2, 0.25) is 0 Å². The van der Waals surface area contributed by atoms with E-state index in [1.54, 1.807) is 7.11 Å². The van der Waals surface area contributed by atoms with Gasteiger partial charge in [0.15, 0.2) is 5.65 Å². The second-order valence-electron chi connectivity index (χ2n) is 5.89. The highest BCUT2D eigenvalue weighted by molar-refractivity contribution is 5.53. The van der Waals surface area contributed by atoms with Crippen molar-refractivity contribution in [3.05, 3.63) is 63.2 Å². The van der Waals surface area contributed by atoms with E-state index in [4.69, 9.17) is 10.00 Å². The zero-order valence-electron chi connectivity index (χ0n) is 14.3. The standard InChI is InChI=1S/C18H19N5O2/c1-11-4-5-16(25-3)15(6-11)12(2)20-10-14-7-17(24)23-18(22-14)13(8-19)9-21-23/h4-7,9,12,20-21H,10H2,1-3H3/t12-/m1/s1. The molecule has 7 nitrogen and oxygen atoms in total. The first-order valence-corrected chi connectivity index (χ1v) is 7.91. The Balaban J connectivity index is 1.84. The molecule has 0 aliphatic carbocycles. The van der Waals surface area contributed by atoms with Crippen LogP contribution in [0.5, 0.6) is 5.75 Å². The molecule has 128 valence electrons. The zero-order chi connectivity index (χ0) is 18.0. The number of nitrogens with zero attached hydrogens (tertiary/aromatic N) is 3. The van der Waals surface area contributed by atoms with Crippen LogP contribution >= 0.6 is 0 Å². The van der Waals surface area contributed by atoms with Crippen LogP contribution in [0.1, 0.15) is 35.3 Å². The highest BCUT2D eigenvalue weighted by Crippen LogP contribution is 2.26. The van der Waals surface area contributed by atoms with Crippen molar-refractivity contribution >= 4 is 5.65 Å². The van der Waals surface area contributed by atoms with Crippen LogP contribution in [0.3, 0.4) is 0 Å². The summed E-state index contributed by atoms with van der Waals surface area (Å²) in [6.07, 6.45) is 1.47. The summed E-state index contributed by atoms with van der Waals surface area (Å²) in [7, 11) is 1.65. The number of benzene rings is 1. The Hall–Kier alpha value is -3.11. The van der Waals surface area contributed by atoms with Crippen molar-refractivity contribution in [3.63, 3.8) is 0 Å². The quantitative estimate of drug-likeness (QED) is 0.743. The molecule has 1 atom stereocenters. The van der Waals surface area contributed by atoms with Crippen LogP contribution in [0.15, 0.2) is 35.3 Å². The molecule has 0 fully saturated rings. The number of fused-ring (bicyclic) bond motifs is 1. The summed E-state index contributed by atoms with van der Waals surface area (Å²) >= 11 is 0. The summed E-state index contributed by atoms with van der Waals surface area (Å²) in [5.41, 5.74) is 3.21. The molecular weight excluding hydrogens is 318 g/mol. The summed E-state index contributed by atoms with van der Waals surface area (Å²) in [5, 5.41) is 15.2. The lowest BCUT2D eigenvalue weighted by Crippen LogP contribution is -2.22. The molecule has 2 N–H and O–H groups in total. The molecule has 3 rings (SSSR count). The number of nitriles is 1. The highest BCUT2D eigenvalue weighted by Gasteiger charge is 2.13. The van der Waals surface area contributed by atoms with Crippen LogP contribution in [-0.2, 0) is 6.54 Å². The first-order chi connectivity index (χ1) is 12.0. The Morgan fingerprint density at radius 3 is 2.96 bits per heavy atom. The Bertz CT molecular complexity index is 1010. The van der Waals surface area contributed by atoms with Crippen LogP contribution in [-0.4, -0.2) is 21.7 Å². The summed E-state index contributed by atoms with van der Waals surface area (Å²) in [4.78, 5) is 16.5. The minimum absolute atomic E-state index is 0.0109. The van der Waals surface area contributed by atoms with Crippen LogP contribution in [0.25, 0.3) is 5.65 Å². The molecule has 0 unspecified atom stereocenters. The monoisotopic (exact) mass is 337 g/mol. The van der Waals surface area contributed by atoms with Crippen molar-refractivity contribution in [2.24, 2.45) is 0 Å². The number of ether oxygens (including phenoxy) is 1. The molecule has 3 aromatic rings. The maximum atomic E-state index is 12.1. The topological polar surface area (TPSA) is 95.2 Å². The van der Waals surface area contributed by atoms with E-state index in [1.807, 2.05) is 32.0 Å². The molecule has 0 aliphatic rings. The molecule has 0 bridgehead atoms. The molecule has 0 aliphatic heterocycles. The fourth-order valence-corrected chi connectivity index (χ4v) is 2.76. The zero-order valence-corrected chi connectivity index (χ0v) is 14.3. The molecule has 2 heterocycles. The maximum absolute atomic E-state index is 12.1. The molecule has 25 heavy (non-hydrogen) atoms. The third-order valence-corrected chi connectivity index (χ3v) is 4.11. The summed E-state index contributed by atoms with van der Waals surface area (Å²) in [6.45, 7) is 4.46. The Kier molecular flexibility index (Phi) is 4.55. The van der Waals surface area contributed by atoms with Gasteiger partial charge in [0.05, 0.1) is 12.8 Å². The third kappa shape index (κ3) is 3.25. The molecule has 0 saturated carbocycles. The Labute approximate surface area is 144 Å². The van der Waals surface area contributed by atoms with Crippen molar-refractivity contribution in [2.75, 3.05) is 7.11 Å². The SMILES string of the molecule is COc1ccc(C)cc1[C@@H](C)NCc1cc(=O)n2[nH]cc(C#N)c2n1. The van der Waals surface area contributed by atoms with Gasteiger partial charge in [-0.2, -0.15) is 5.26 Å². The number of methoxy groups -OCH3 is 1. The predicted octanol–water partition coefficient (Wildman–Crippen LogP) is 2.06. The van der Waals surface area contributed by atoms with Crippen LogP contribution in [0.4, 0.5) is 0 Å². The normalized spacial score (nSPS) is 12.1. The van der Waals surface area contributed by atoms with Gasteiger partial charge < -0.3 is 10.1 Å². The molecule has 0 spiro atoms. The first-order valence-electron chi connectivity index (χ1n) is 7.91. The van der Waals surface area contributed by atoms with Gasteiger partial charge in [-0.3, -0.25) is 9.89 Å². The molecule has 2 aromatic heterocycles. The van der Waals surface area contributed by atoms with Crippen molar-refractivity contribution in [1.82, 2.24) is 19.9 Å². The van der Waals surface area contributed by atoms with E-state index in [0.717, 1.165) is 16.9 Å². The van der Waals surface area contributed by atoms with E-state index in [9.17, 15) is 4.79 Å². The number of hydrogen-bond acceptors (Lipinski definition) is 5. The van der Waals surface area contributed by atoms with Crippen molar-refractivity contribution in [2.45, 2.75) is 26.4 Å².